The molecule has 0 amide bonds. The molecule has 0 unspecified atom stereocenters. The number of nitrogens with zero attached hydrogens (tertiary/aromatic N) is 1. The zero-order chi connectivity index (χ0) is 8.54. The average Bonchev–Trinajstić information content (AvgIpc) is 2.33. The fourth-order valence-corrected chi connectivity index (χ4v) is 2.39. The topological polar surface area (TPSA) is 83.9 Å². The number of nitrogens with two attached hydrogens (primary N) is 1. The van der Waals surface area contributed by atoms with Crippen molar-refractivity contribution < 1.29 is 8.42 Å². The summed E-state index contributed by atoms with van der Waals surface area (Å²) < 4.78 is 20.6. The van der Waals surface area contributed by atoms with E-state index < -0.39 is 14.8 Å². The van der Waals surface area contributed by atoms with Crippen LogP contribution in [0.25, 0.3) is 0 Å². The molecular weight excluding hydrogens is 164 g/mol. The zero-order valence-electron chi connectivity index (χ0n) is 6.08. The first-order valence-corrected chi connectivity index (χ1v) is 5.00. The second-order valence-electron chi connectivity index (χ2n) is 2.86. The van der Waals surface area contributed by atoms with E-state index in [1.54, 1.807) is 6.07 Å². The lowest BCUT2D eigenvalue weighted by atomic mass is 10.1. The summed E-state index contributed by atoms with van der Waals surface area (Å²) in [6.45, 7) is 0. The minimum atomic E-state index is -3.68. The Hall–Kier alpha value is -0.600. The van der Waals surface area contributed by atoms with E-state index in [4.69, 9.17) is 10.4 Å². The van der Waals surface area contributed by atoms with Crippen LogP contribution in [0.1, 0.15) is 25.7 Å². The van der Waals surface area contributed by atoms with E-state index in [0.717, 1.165) is 12.8 Å². The van der Waals surface area contributed by atoms with Crippen LogP contribution >= 0.6 is 0 Å². The van der Waals surface area contributed by atoms with Gasteiger partial charge in [0, 0.05) is 0 Å². The summed E-state index contributed by atoms with van der Waals surface area (Å²) in [6.07, 6.45) is 2.35. The van der Waals surface area contributed by atoms with Gasteiger partial charge in [0.25, 0.3) is 0 Å². The van der Waals surface area contributed by atoms with Crippen molar-refractivity contribution in [1.82, 2.24) is 0 Å². The third-order valence-corrected chi connectivity index (χ3v) is 3.75. The SMILES string of the molecule is N#CC1(S(N)(=O)=O)CCCC1. The lowest BCUT2D eigenvalue weighted by Gasteiger charge is -2.15. The molecule has 0 aliphatic heterocycles. The van der Waals surface area contributed by atoms with E-state index >= 15 is 0 Å². The van der Waals surface area contributed by atoms with Crippen molar-refractivity contribution in [2.75, 3.05) is 0 Å². The first-order chi connectivity index (χ1) is 5.02. The molecule has 0 aromatic carbocycles. The normalized spacial score (nSPS) is 22.9. The molecule has 1 rings (SSSR count). The van der Waals surface area contributed by atoms with Crippen molar-refractivity contribution in [3.05, 3.63) is 0 Å². The maximum absolute atomic E-state index is 10.9. The maximum atomic E-state index is 10.9. The van der Waals surface area contributed by atoms with Crippen LogP contribution in [0.4, 0.5) is 0 Å². The van der Waals surface area contributed by atoms with Crippen molar-refractivity contribution in [2.24, 2.45) is 5.14 Å². The Morgan fingerprint density at radius 1 is 1.36 bits per heavy atom. The van der Waals surface area contributed by atoms with Gasteiger partial charge in [-0.2, -0.15) is 5.26 Å². The lowest BCUT2D eigenvalue weighted by Crippen LogP contribution is -2.39. The van der Waals surface area contributed by atoms with Gasteiger partial charge in [0.15, 0.2) is 4.75 Å². The summed E-state index contributed by atoms with van der Waals surface area (Å²) in [6, 6.07) is 1.80. The Morgan fingerprint density at radius 2 is 1.82 bits per heavy atom. The van der Waals surface area contributed by atoms with Crippen LogP contribution in [0.2, 0.25) is 0 Å². The minimum absolute atomic E-state index is 0.391. The highest BCUT2D eigenvalue weighted by Crippen LogP contribution is 2.34. The van der Waals surface area contributed by atoms with Crippen molar-refractivity contribution in [1.29, 1.82) is 5.26 Å². The average molecular weight is 174 g/mol. The van der Waals surface area contributed by atoms with Gasteiger partial charge in [-0.1, -0.05) is 12.8 Å². The van der Waals surface area contributed by atoms with Crippen molar-refractivity contribution in [3.8, 4) is 6.07 Å². The van der Waals surface area contributed by atoms with Gasteiger partial charge >= 0.3 is 0 Å². The molecule has 0 heterocycles. The van der Waals surface area contributed by atoms with Crippen LogP contribution in [0.15, 0.2) is 0 Å². The van der Waals surface area contributed by atoms with Crippen LogP contribution < -0.4 is 5.14 Å². The second-order valence-corrected chi connectivity index (χ2v) is 4.73. The van der Waals surface area contributed by atoms with Crippen molar-refractivity contribution in [3.63, 3.8) is 0 Å². The van der Waals surface area contributed by atoms with Gasteiger partial charge in [-0.25, -0.2) is 13.6 Å². The summed E-state index contributed by atoms with van der Waals surface area (Å²) in [4.78, 5) is 0. The van der Waals surface area contributed by atoms with E-state index in [9.17, 15) is 8.42 Å². The van der Waals surface area contributed by atoms with Crippen LogP contribution in [0.5, 0.6) is 0 Å². The van der Waals surface area contributed by atoms with Crippen molar-refractivity contribution in [2.45, 2.75) is 30.4 Å². The Morgan fingerprint density at radius 3 is 2.00 bits per heavy atom. The maximum Gasteiger partial charge on any atom is 0.228 e. The van der Waals surface area contributed by atoms with E-state index in [-0.39, 0.29) is 0 Å². The molecule has 1 fully saturated rings. The highest BCUT2D eigenvalue weighted by molar-refractivity contribution is 7.90. The standard InChI is InChI=1S/C6H10N2O2S/c7-5-6(11(8,9)10)3-1-2-4-6/h1-4H2,(H2,8,9,10). The molecular formula is C6H10N2O2S. The van der Waals surface area contributed by atoms with Gasteiger partial charge in [-0.15, -0.1) is 0 Å². The van der Waals surface area contributed by atoms with Crippen LogP contribution in [0.3, 0.4) is 0 Å². The van der Waals surface area contributed by atoms with Gasteiger partial charge in [0.2, 0.25) is 10.0 Å². The summed E-state index contributed by atoms with van der Waals surface area (Å²) in [5.74, 6) is 0. The third kappa shape index (κ3) is 1.24. The summed E-state index contributed by atoms with van der Waals surface area (Å²) in [7, 11) is -3.68. The monoisotopic (exact) mass is 174 g/mol. The lowest BCUT2D eigenvalue weighted by molar-refractivity contribution is 0.559. The molecule has 0 saturated heterocycles. The Balaban J connectivity index is 3.06. The second kappa shape index (κ2) is 2.47. The fourth-order valence-electron chi connectivity index (χ4n) is 1.41. The molecule has 2 N–H and O–H groups in total. The third-order valence-electron chi connectivity index (χ3n) is 2.16. The summed E-state index contributed by atoms with van der Waals surface area (Å²) in [5, 5.41) is 13.6. The van der Waals surface area contributed by atoms with Crippen LogP contribution in [0, 0.1) is 11.3 Å². The van der Waals surface area contributed by atoms with E-state index in [2.05, 4.69) is 0 Å². The van der Waals surface area contributed by atoms with Crippen LogP contribution in [-0.4, -0.2) is 13.2 Å². The predicted octanol–water partition coefficient (Wildman–Crippen LogP) is 0.111. The molecule has 0 aromatic heterocycles. The molecule has 11 heavy (non-hydrogen) atoms. The molecule has 0 radical (unpaired) electrons. The first-order valence-electron chi connectivity index (χ1n) is 3.45. The molecule has 4 nitrogen and oxygen atoms in total. The van der Waals surface area contributed by atoms with E-state index in [0.29, 0.717) is 12.8 Å². The van der Waals surface area contributed by atoms with Crippen LogP contribution in [-0.2, 0) is 10.0 Å². The predicted molar refractivity (Wildman–Crippen MR) is 39.9 cm³/mol. The number of hydrogen-bond acceptors (Lipinski definition) is 3. The van der Waals surface area contributed by atoms with Crippen molar-refractivity contribution >= 4 is 10.0 Å². The number of primary sulfonamides is 1. The quantitative estimate of drug-likeness (QED) is 0.612. The van der Waals surface area contributed by atoms with Gasteiger partial charge < -0.3 is 0 Å². The summed E-state index contributed by atoms with van der Waals surface area (Å²) in [5.41, 5.74) is 0. The molecule has 0 atom stereocenters. The highest BCUT2D eigenvalue weighted by atomic mass is 32.2. The Kier molecular flexibility index (Phi) is 1.90. The molecule has 0 aromatic rings. The molecule has 1 aliphatic carbocycles. The molecule has 5 heteroatoms. The first kappa shape index (κ1) is 8.50. The number of sulfonamides is 1. The summed E-state index contributed by atoms with van der Waals surface area (Å²) >= 11 is 0. The number of hydrogen-bond donors (Lipinski definition) is 1. The minimum Gasteiger partial charge on any atom is -0.227 e. The fraction of sp³-hybridized carbons (Fsp3) is 0.833. The number of rotatable bonds is 1. The van der Waals surface area contributed by atoms with Gasteiger partial charge in [-0.3, -0.25) is 0 Å². The smallest absolute Gasteiger partial charge is 0.227 e. The van der Waals surface area contributed by atoms with Gasteiger partial charge in [0.1, 0.15) is 0 Å². The van der Waals surface area contributed by atoms with Gasteiger partial charge in [-0.05, 0) is 12.8 Å². The molecule has 0 bridgehead atoms. The molecule has 1 aliphatic rings. The largest absolute Gasteiger partial charge is 0.228 e. The van der Waals surface area contributed by atoms with E-state index in [1.165, 1.54) is 0 Å². The molecule has 62 valence electrons. The Labute approximate surface area is 66.1 Å². The molecule has 1 saturated carbocycles. The highest BCUT2D eigenvalue weighted by Gasteiger charge is 2.44. The molecule has 0 spiro atoms. The zero-order valence-corrected chi connectivity index (χ0v) is 6.89. The number of nitriles is 1. The Bertz CT molecular complexity index is 282. The van der Waals surface area contributed by atoms with E-state index in [1.807, 2.05) is 0 Å². The van der Waals surface area contributed by atoms with Gasteiger partial charge in [0.05, 0.1) is 6.07 Å².